The minimum Gasteiger partial charge on any atom is -0.477 e. The van der Waals surface area contributed by atoms with Gasteiger partial charge in [-0.05, 0) is 26.7 Å². The lowest BCUT2D eigenvalue weighted by atomic mass is 9.95. The van der Waals surface area contributed by atoms with E-state index in [0.29, 0.717) is 24.7 Å². The van der Waals surface area contributed by atoms with Crippen molar-refractivity contribution in [3.63, 3.8) is 0 Å². The number of carbonyl (C=O) groups is 1. The zero-order valence-corrected chi connectivity index (χ0v) is 10.6. The second kappa shape index (κ2) is 4.53. The summed E-state index contributed by atoms with van der Waals surface area (Å²) in [7, 11) is 0. The molecule has 18 heavy (non-hydrogen) atoms. The van der Waals surface area contributed by atoms with Crippen LogP contribution in [0.2, 0.25) is 0 Å². The maximum Gasteiger partial charge on any atom is 0.341 e. The van der Waals surface area contributed by atoms with Crippen LogP contribution in [0.4, 0.5) is 5.82 Å². The fraction of sp³-hybridized carbons (Fsp3) is 0.583. The number of aromatic carboxylic acids is 1. The number of piperidine rings is 1. The summed E-state index contributed by atoms with van der Waals surface area (Å²) >= 11 is 0. The molecule has 0 amide bonds. The van der Waals surface area contributed by atoms with E-state index in [1.165, 1.54) is 6.20 Å². The Balaban J connectivity index is 2.37. The van der Waals surface area contributed by atoms with Crippen molar-refractivity contribution in [2.45, 2.75) is 32.3 Å². The number of aryl methyl sites for hydroxylation is 1. The third kappa shape index (κ3) is 2.59. The Morgan fingerprint density at radius 3 is 2.89 bits per heavy atom. The third-order valence-corrected chi connectivity index (χ3v) is 3.09. The lowest BCUT2D eigenvalue weighted by Crippen LogP contribution is -2.47. The molecular weight excluding hydrogens is 234 g/mol. The van der Waals surface area contributed by atoms with Crippen molar-refractivity contribution in [2.24, 2.45) is 0 Å². The molecule has 1 aromatic rings. The summed E-state index contributed by atoms with van der Waals surface area (Å²) in [6.45, 7) is 4.57. The Labute approximate surface area is 105 Å². The summed E-state index contributed by atoms with van der Waals surface area (Å²) in [4.78, 5) is 21.1. The van der Waals surface area contributed by atoms with Crippen molar-refractivity contribution < 1.29 is 15.0 Å². The van der Waals surface area contributed by atoms with E-state index in [0.717, 1.165) is 12.8 Å². The number of aliphatic hydroxyl groups is 1. The van der Waals surface area contributed by atoms with E-state index in [-0.39, 0.29) is 5.56 Å². The van der Waals surface area contributed by atoms with Gasteiger partial charge in [0.05, 0.1) is 5.60 Å². The quantitative estimate of drug-likeness (QED) is 0.809. The second-order valence-corrected chi connectivity index (χ2v) is 4.98. The molecule has 0 aromatic carbocycles. The number of rotatable bonds is 2. The van der Waals surface area contributed by atoms with Crippen LogP contribution in [0.3, 0.4) is 0 Å². The molecule has 1 aromatic heterocycles. The van der Waals surface area contributed by atoms with Crippen LogP contribution < -0.4 is 4.90 Å². The van der Waals surface area contributed by atoms with E-state index in [4.69, 9.17) is 5.11 Å². The minimum atomic E-state index is -1.05. The number of aromatic nitrogens is 2. The van der Waals surface area contributed by atoms with Gasteiger partial charge in [-0.3, -0.25) is 0 Å². The Morgan fingerprint density at radius 2 is 2.28 bits per heavy atom. The van der Waals surface area contributed by atoms with Crippen molar-refractivity contribution >= 4 is 11.8 Å². The van der Waals surface area contributed by atoms with Gasteiger partial charge in [0, 0.05) is 19.3 Å². The third-order valence-electron chi connectivity index (χ3n) is 3.09. The van der Waals surface area contributed by atoms with Gasteiger partial charge in [0.2, 0.25) is 0 Å². The predicted molar refractivity (Wildman–Crippen MR) is 65.8 cm³/mol. The maximum absolute atomic E-state index is 11.2. The zero-order chi connectivity index (χ0) is 13.3. The van der Waals surface area contributed by atoms with Gasteiger partial charge in [0.15, 0.2) is 0 Å². The number of hydrogen-bond donors (Lipinski definition) is 2. The highest BCUT2D eigenvalue weighted by atomic mass is 16.4. The molecule has 6 heteroatoms. The van der Waals surface area contributed by atoms with Crippen LogP contribution >= 0.6 is 0 Å². The van der Waals surface area contributed by atoms with E-state index < -0.39 is 11.6 Å². The topological polar surface area (TPSA) is 86.5 Å². The Morgan fingerprint density at radius 1 is 1.56 bits per heavy atom. The van der Waals surface area contributed by atoms with Gasteiger partial charge in [0.25, 0.3) is 0 Å². The van der Waals surface area contributed by atoms with Crippen molar-refractivity contribution in [1.29, 1.82) is 0 Å². The van der Waals surface area contributed by atoms with E-state index in [1.807, 2.05) is 4.90 Å². The van der Waals surface area contributed by atoms with E-state index in [1.54, 1.807) is 13.8 Å². The number of carboxylic acid groups (broad SMARTS) is 1. The average molecular weight is 251 g/mol. The minimum absolute atomic E-state index is 0.0818. The molecule has 0 saturated carbocycles. The maximum atomic E-state index is 11.2. The number of hydrogen-bond acceptors (Lipinski definition) is 5. The van der Waals surface area contributed by atoms with E-state index in [2.05, 4.69) is 9.97 Å². The molecule has 1 aliphatic heterocycles. The zero-order valence-electron chi connectivity index (χ0n) is 10.6. The summed E-state index contributed by atoms with van der Waals surface area (Å²) in [5.74, 6) is -0.120. The highest BCUT2D eigenvalue weighted by Crippen LogP contribution is 2.26. The molecule has 2 heterocycles. The normalized spacial score (nSPS) is 24.1. The van der Waals surface area contributed by atoms with Gasteiger partial charge < -0.3 is 15.1 Å². The van der Waals surface area contributed by atoms with Gasteiger partial charge in [-0.15, -0.1) is 0 Å². The molecular formula is C12H17N3O3. The monoisotopic (exact) mass is 251 g/mol. The molecule has 1 atom stereocenters. The summed E-state index contributed by atoms with van der Waals surface area (Å²) in [6.07, 6.45) is 2.86. The standard InChI is InChI=1S/C12H17N3O3/c1-8-13-6-9(11(16)17)10(14-8)15-5-3-4-12(2,18)7-15/h6,18H,3-5,7H2,1-2H3,(H,16,17). The molecule has 1 fully saturated rings. The number of anilines is 1. The molecule has 0 aliphatic carbocycles. The Hall–Kier alpha value is -1.69. The van der Waals surface area contributed by atoms with Gasteiger partial charge in [-0.2, -0.15) is 0 Å². The highest BCUT2D eigenvalue weighted by Gasteiger charge is 2.31. The van der Waals surface area contributed by atoms with Crippen LogP contribution in [0.15, 0.2) is 6.20 Å². The lowest BCUT2D eigenvalue weighted by molar-refractivity contribution is 0.0443. The summed E-state index contributed by atoms with van der Waals surface area (Å²) in [6, 6.07) is 0. The predicted octanol–water partition coefficient (Wildman–Crippen LogP) is 0.834. The van der Waals surface area contributed by atoms with Gasteiger partial charge >= 0.3 is 5.97 Å². The first-order valence-corrected chi connectivity index (χ1v) is 5.93. The van der Waals surface area contributed by atoms with E-state index in [9.17, 15) is 9.90 Å². The van der Waals surface area contributed by atoms with Gasteiger partial charge in [0.1, 0.15) is 17.2 Å². The van der Waals surface area contributed by atoms with Crippen LogP contribution in [-0.4, -0.2) is 44.8 Å². The van der Waals surface area contributed by atoms with Crippen LogP contribution in [-0.2, 0) is 0 Å². The van der Waals surface area contributed by atoms with Crippen molar-refractivity contribution in [3.05, 3.63) is 17.6 Å². The smallest absolute Gasteiger partial charge is 0.341 e. The number of nitrogens with zero attached hydrogens (tertiary/aromatic N) is 3. The average Bonchev–Trinajstić information content (AvgIpc) is 2.27. The molecule has 1 aliphatic rings. The van der Waals surface area contributed by atoms with Crippen LogP contribution in [0.25, 0.3) is 0 Å². The van der Waals surface area contributed by atoms with Crippen LogP contribution in [0, 0.1) is 6.92 Å². The van der Waals surface area contributed by atoms with Crippen molar-refractivity contribution in [3.8, 4) is 0 Å². The van der Waals surface area contributed by atoms with Gasteiger partial charge in [-0.1, -0.05) is 0 Å². The molecule has 2 rings (SSSR count). The molecule has 1 unspecified atom stereocenters. The molecule has 6 nitrogen and oxygen atoms in total. The first kappa shape index (κ1) is 12.8. The fourth-order valence-electron chi connectivity index (χ4n) is 2.25. The summed E-state index contributed by atoms with van der Waals surface area (Å²) in [5.41, 5.74) is -0.717. The Kier molecular flexibility index (Phi) is 3.21. The Bertz CT molecular complexity index is 474. The summed E-state index contributed by atoms with van der Waals surface area (Å²) in [5, 5.41) is 19.2. The molecule has 2 N–H and O–H groups in total. The van der Waals surface area contributed by atoms with Crippen LogP contribution in [0.1, 0.15) is 35.9 Å². The second-order valence-electron chi connectivity index (χ2n) is 4.98. The first-order chi connectivity index (χ1) is 8.39. The lowest BCUT2D eigenvalue weighted by Gasteiger charge is -2.37. The molecule has 0 spiro atoms. The number of β-amino-alcohol motifs (C(OH)–C–C–N with tert-alkyl or cyclic N) is 1. The SMILES string of the molecule is Cc1ncc(C(=O)O)c(N2CCCC(C)(O)C2)n1. The summed E-state index contributed by atoms with van der Waals surface area (Å²) < 4.78 is 0. The molecule has 98 valence electrons. The molecule has 0 bridgehead atoms. The van der Waals surface area contributed by atoms with Gasteiger partial charge in [-0.25, -0.2) is 14.8 Å². The largest absolute Gasteiger partial charge is 0.477 e. The number of carboxylic acids is 1. The van der Waals surface area contributed by atoms with Crippen LogP contribution in [0.5, 0.6) is 0 Å². The molecule has 0 radical (unpaired) electrons. The fourth-order valence-corrected chi connectivity index (χ4v) is 2.25. The van der Waals surface area contributed by atoms with Crippen molar-refractivity contribution in [2.75, 3.05) is 18.0 Å². The highest BCUT2D eigenvalue weighted by molar-refractivity contribution is 5.93. The molecule has 1 saturated heterocycles. The van der Waals surface area contributed by atoms with Crippen molar-refractivity contribution in [1.82, 2.24) is 9.97 Å². The van der Waals surface area contributed by atoms with E-state index >= 15 is 0 Å². The first-order valence-electron chi connectivity index (χ1n) is 5.93.